The van der Waals surface area contributed by atoms with Crippen LogP contribution in [-0.4, -0.2) is 42.2 Å². The van der Waals surface area contributed by atoms with Gasteiger partial charge in [-0.25, -0.2) is 0 Å². The van der Waals surface area contributed by atoms with Crippen LogP contribution < -0.4 is 0 Å². The minimum absolute atomic E-state index is 0.0493. The molecule has 5 rings (SSSR count). The first kappa shape index (κ1) is 26.6. The predicted molar refractivity (Wildman–Crippen MR) is 146 cm³/mol. The zero-order chi connectivity index (χ0) is 25.7. The summed E-state index contributed by atoms with van der Waals surface area (Å²) in [5.74, 6) is -0.123. The van der Waals surface area contributed by atoms with Crippen molar-refractivity contribution in [1.29, 1.82) is 0 Å². The second-order valence-electron chi connectivity index (χ2n) is 10.9. The fourth-order valence-corrected chi connectivity index (χ4v) is 5.77. The van der Waals surface area contributed by atoms with E-state index in [1.807, 2.05) is 0 Å². The van der Waals surface area contributed by atoms with Gasteiger partial charge in [0.1, 0.15) is 0 Å². The fourth-order valence-electron chi connectivity index (χ4n) is 5.77. The van der Waals surface area contributed by atoms with Gasteiger partial charge in [-0.05, 0) is 54.9 Å². The highest BCUT2D eigenvalue weighted by Gasteiger charge is 2.49. The molecule has 0 bridgehead atoms. The number of nitrogens with one attached hydrogen (secondary N) is 1. The van der Waals surface area contributed by atoms with E-state index in [0.717, 1.165) is 85.9 Å². The average Bonchev–Trinajstić information content (AvgIpc) is 3.46. The Labute approximate surface area is 221 Å². The summed E-state index contributed by atoms with van der Waals surface area (Å²) in [4.78, 5) is 0. The van der Waals surface area contributed by atoms with Gasteiger partial charge in [0, 0.05) is 49.1 Å². The summed E-state index contributed by atoms with van der Waals surface area (Å²) in [5.41, 5.74) is 5.78. The number of benzene rings is 1. The molecule has 1 saturated heterocycles. The number of rotatable bonds is 12. The van der Waals surface area contributed by atoms with Gasteiger partial charge >= 0.3 is 0 Å². The molecular weight excluding hydrogens is 464 g/mol. The van der Waals surface area contributed by atoms with E-state index in [0.29, 0.717) is 25.6 Å². The minimum Gasteiger partial charge on any atom is -0.379 e. The van der Waals surface area contributed by atoms with Gasteiger partial charge in [0.2, 0.25) is 0 Å². The second-order valence-corrected chi connectivity index (χ2v) is 10.9. The number of aromatic amines is 1. The van der Waals surface area contributed by atoms with E-state index in [-0.39, 0.29) is 12.2 Å². The molecule has 1 aliphatic carbocycles. The van der Waals surface area contributed by atoms with Crippen molar-refractivity contribution in [1.82, 2.24) is 10.2 Å². The Morgan fingerprint density at radius 2 is 2.00 bits per heavy atom. The highest BCUT2D eigenvalue weighted by Crippen LogP contribution is 2.47. The first-order valence-corrected chi connectivity index (χ1v) is 14.5. The van der Waals surface area contributed by atoms with E-state index in [4.69, 9.17) is 18.9 Å². The molecule has 202 valence electrons. The predicted octanol–water partition coefficient (Wildman–Crippen LogP) is 6.88. The molecule has 2 aliphatic heterocycles. The Morgan fingerprint density at radius 3 is 2.78 bits per heavy atom. The van der Waals surface area contributed by atoms with Crippen LogP contribution in [0.2, 0.25) is 0 Å². The maximum atomic E-state index is 6.74. The molecule has 4 atom stereocenters. The minimum atomic E-state index is -0.787. The molecule has 1 unspecified atom stereocenters. The van der Waals surface area contributed by atoms with Crippen LogP contribution in [-0.2, 0) is 37.8 Å². The van der Waals surface area contributed by atoms with Gasteiger partial charge in [0.25, 0.3) is 0 Å². The summed E-state index contributed by atoms with van der Waals surface area (Å²) in [6.45, 7) is 9.29. The topological polar surface area (TPSA) is 65.6 Å². The molecule has 1 spiro atoms. The lowest BCUT2D eigenvalue weighted by Gasteiger charge is -2.42. The smallest absolute Gasteiger partial charge is 0.198 e. The summed E-state index contributed by atoms with van der Waals surface area (Å²) >= 11 is 0. The van der Waals surface area contributed by atoms with Gasteiger partial charge in [0.15, 0.2) is 5.79 Å². The molecule has 1 aromatic heterocycles. The molecule has 1 aromatic carbocycles. The normalized spacial score (nSPS) is 27.2. The molecule has 6 nitrogen and oxygen atoms in total. The van der Waals surface area contributed by atoms with Crippen LogP contribution in [0.5, 0.6) is 0 Å². The number of H-pyrrole nitrogens is 1. The molecule has 0 saturated carbocycles. The SMILES string of the molecule is CCCCOC[C@@H]1C[C@H](OCCCC)C[C@@]2(OCc3cc4n[nH]c(CC5=CCC(CC)C=C5)c4cc32)O1. The average molecular weight is 509 g/mol. The van der Waals surface area contributed by atoms with Crippen LogP contribution in [0.25, 0.3) is 10.9 Å². The number of hydrogen-bond acceptors (Lipinski definition) is 5. The van der Waals surface area contributed by atoms with E-state index < -0.39 is 5.79 Å². The summed E-state index contributed by atoms with van der Waals surface area (Å²) in [6, 6.07) is 4.44. The van der Waals surface area contributed by atoms with Crippen molar-refractivity contribution >= 4 is 10.9 Å². The van der Waals surface area contributed by atoms with Gasteiger partial charge in [0.05, 0.1) is 30.9 Å². The number of nitrogens with zero attached hydrogens (tertiary/aromatic N) is 1. The monoisotopic (exact) mass is 508 g/mol. The molecule has 37 heavy (non-hydrogen) atoms. The maximum absolute atomic E-state index is 6.74. The summed E-state index contributed by atoms with van der Waals surface area (Å²) in [6.07, 6.45) is 16.2. The third-order valence-electron chi connectivity index (χ3n) is 8.08. The molecule has 0 amide bonds. The Morgan fingerprint density at radius 1 is 1.14 bits per heavy atom. The number of allylic oxidation sites excluding steroid dienone is 4. The third-order valence-corrected chi connectivity index (χ3v) is 8.08. The molecule has 2 aromatic rings. The van der Waals surface area contributed by atoms with E-state index in [2.05, 4.69) is 61.3 Å². The van der Waals surface area contributed by atoms with Crippen LogP contribution in [0.15, 0.2) is 35.9 Å². The van der Waals surface area contributed by atoms with Crippen LogP contribution in [0.1, 0.15) is 89.0 Å². The summed E-state index contributed by atoms with van der Waals surface area (Å²) < 4.78 is 25.6. The number of hydrogen-bond donors (Lipinski definition) is 1. The van der Waals surface area contributed by atoms with Crippen molar-refractivity contribution in [2.75, 3.05) is 19.8 Å². The quantitative estimate of drug-likeness (QED) is 0.317. The lowest BCUT2D eigenvalue weighted by molar-refractivity contribution is -0.308. The molecule has 0 radical (unpaired) electrons. The zero-order valence-electron chi connectivity index (χ0n) is 22.9. The first-order chi connectivity index (χ1) is 18.1. The van der Waals surface area contributed by atoms with Crippen molar-refractivity contribution in [3.8, 4) is 0 Å². The molecule has 3 heterocycles. The van der Waals surface area contributed by atoms with Crippen LogP contribution in [0, 0.1) is 5.92 Å². The van der Waals surface area contributed by atoms with Gasteiger partial charge in [-0.3, -0.25) is 5.10 Å². The standard InChI is InChI=1S/C31H44N2O4/c1-4-7-13-34-21-26-17-25(35-14-8-5-2)19-31(37-26)28-18-27-29(15-23-11-9-22(6-3)10-12-23)32-33-30(27)16-24(28)20-36-31/h9,11-12,16,18,22,25-26H,4-8,10,13-15,17,19-21H2,1-3H3,(H,32,33)/t22?,25-,26-,31+/m0/s1. The lowest BCUT2D eigenvalue weighted by atomic mass is 9.89. The Bertz CT molecular complexity index is 1110. The highest BCUT2D eigenvalue weighted by atomic mass is 16.7. The Hall–Kier alpha value is -1.99. The van der Waals surface area contributed by atoms with E-state index >= 15 is 0 Å². The number of ether oxygens (including phenoxy) is 4. The summed E-state index contributed by atoms with van der Waals surface area (Å²) in [7, 11) is 0. The van der Waals surface area contributed by atoms with Gasteiger partial charge in [-0.1, -0.05) is 51.8 Å². The van der Waals surface area contributed by atoms with Crippen molar-refractivity contribution in [3.63, 3.8) is 0 Å². The van der Waals surface area contributed by atoms with E-state index in [9.17, 15) is 0 Å². The maximum Gasteiger partial charge on any atom is 0.198 e. The highest BCUT2D eigenvalue weighted by molar-refractivity contribution is 5.84. The molecular formula is C31H44N2O4. The Balaban J connectivity index is 1.39. The van der Waals surface area contributed by atoms with Crippen molar-refractivity contribution in [2.45, 2.75) is 103 Å². The molecule has 1 N–H and O–H groups in total. The van der Waals surface area contributed by atoms with E-state index in [1.165, 1.54) is 12.0 Å². The summed E-state index contributed by atoms with van der Waals surface area (Å²) in [5, 5.41) is 9.12. The van der Waals surface area contributed by atoms with Crippen molar-refractivity contribution in [2.24, 2.45) is 5.92 Å². The van der Waals surface area contributed by atoms with Crippen LogP contribution in [0.4, 0.5) is 0 Å². The molecule has 3 aliphatic rings. The third kappa shape index (κ3) is 6.03. The van der Waals surface area contributed by atoms with Crippen LogP contribution in [0.3, 0.4) is 0 Å². The molecule has 6 heteroatoms. The first-order valence-electron chi connectivity index (χ1n) is 14.5. The Kier molecular flexibility index (Phi) is 8.81. The molecule has 1 fully saturated rings. The lowest BCUT2D eigenvalue weighted by Crippen LogP contribution is -2.46. The number of aromatic nitrogens is 2. The number of fused-ring (bicyclic) bond motifs is 3. The number of unbranched alkanes of at least 4 members (excludes halogenated alkanes) is 2. The van der Waals surface area contributed by atoms with Gasteiger partial charge < -0.3 is 18.9 Å². The second kappa shape index (κ2) is 12.2. The largest absolute Gasteiger partial charge is 0.379 e. The van der Waals surface area contributed by atoms with Crippen molar-refractivity contribution < 1.29 is 18.9 Å². The van der Waals surface area contributed by atoms with Crippen LogP contribution >= 0.6 is 0 Å². The van der Waals surface area contributed by atoms with Gasteiger partial charge in [-0.15, -0.1) is 0 Å². The van der Waals surface area contributed by atoms with E-state index in [1.54, 1.807) is 0 Å². The van der Waals surface area contributed by atoms with Gasteiger partial charge in [-0.2, -0.15) is 5.10 Å². The zero-order valence-corrected chi connectivity index (χ0v) is 22.9. The fraction of sp³-hybridized carbons (Fsp3) is 0.645. The van der Waals surface area contributed by atoms with Crippen molar-refractivity contribution in [3.05, 3.63) is 52.8 Å².